The Morgan fingerprint density at radius 1 is 1.05 bits per heavy atom. The van der Waals surface area contributed by atoms with Crippen molar-refractivity contribution < 1.29 is 28.6 Å². The summed E-state index contributed by atoms with van der Waals surface area (Å²) < 4.78 is 17.4. The van der Waals surface area contributed by atoms with Crippen LogP contribution in [-0.2, 0) is 22.7 Å². The summed E-state index contributed by atoms with van der Waals surface area (Å²) in [7, 11) is 0. The Kier molecular flexibility index (Phi) is 8.26. The van der Waals surface area contributed by atoms with Crippen LogP contribution >= 0.6 is 0 Å². The average Bonchev–Trinajstić information content (AvgIpc) is 3.29. The fraction of sp³-hybridized carbons (Fsp3) is 0.290. The van der Waals surface area contributed by atoms with Crippen molar-refractivity contribution in [2.24, 2.45) is 5.73 Å². The van der Waals surface area contributed by atoms with Gasteiger partial charge in [-0.3, -0.25) is 10.1 Å². The molecule has 204 valence electrons. The molecule has 0 fully saturated rings. The van der Waals surface area contributed by atoms with Gasteiger partial charge in [-0.05, 0) is 68.1 Å². The predicted molar refractivity (Wildman–Crippen MR) is 151 cm³/mol. The van der Waals surface area contributed by atoms with Crippen molar-refractivity contribution >= 4 is 28.7 Å². The van der Waals surface area contributed by atoms with E-state index >= 15 is 0 Å². The quantitative estimate of drug-likeness (QED) is 0.211. The highest BCUT2D eigenvalue weighted by molar-refractivity contribution is 5.89. The maximum Gasteiger partial charge on any atom is 0.412 e. The molecule has 3 aromatic carbocycles. The molecule has 0 radical (unpaired) electrons. The Morgan fingerprint density at radius 2 is 1.79 bits per heavy atom. The van der Waals surface area contributed by atoms with Crippen molar-refractivity contribution in [3.63, 3.8) is 0 Å². The zero-order valence-electron chi connectivity index (χ0n) is 22.6. The molecule has 0 aliphatic heterocycles. The Balaban J connectivity index is 1.68. The molecule has 0 spiro atoms. The van der Waals surface area contributed by atoms with Crippen LogP contribution < -0.4 is 15.8 Å². The maximum absolute atomic E-state index is 12.6. The molecule has 4 rings (SSSR count). The van der Waals surface area contributed by atoms with Crippen molar-refractivity contribution in [2.45, 2.75) is 58.8 Å². The molecule has 8 heteroatoms. The van der Waals surface area contributed by atoms with Crippen LogP contribution in [0.2, 0.25) is 0 Å². The minimum atomic E-state index is -0.977. The van der Waals surface area contributed by atoms with Crippen molar-refractivity contribution in [3.05, 3.63) is 83.6 Å². The zero-order valence-corrected chi connectivity index (χ0v) is 22.6. The van der Waals surface area contributed by atoms with E-state index in [-0.39, 0.29) is 12.4 Å². The monoisotopic (exact) mass is 530 g/mol. The number of hydrogen-bond acceptors (Lipinski definition) is 6. The number of benzene rings is 3. The first-order valence-electron chi connectivity index (χ1n) is 12.9. The van der Waals surface area contributed by atoms with E-state index in [0.717, 1.165) is 27.6 Å². The highest BCUT2D eigenvalue weighted by Gasteiger charge is 2.26. The Hall–Kier alpha value is -4.30. The van der Waals surface area contributed by atoms with Crippen LogP contribution in [0.4, 0.5) is 10.5 Å². The van der Waals surface area contributed by atoms with Gasteiger partial charge < -0.3 is 24.7 Å². The number of ether oxygens (including phenoxy) is 2. The van der Waals surface area contributed by atoms with Gasteiger partial charge in [-0.25, -0.2) is 4.79 Å². The number of carboxylic acid groups (broad SMARTS) is 1. The summed E-state index contributed by atoms with van der Waals surface area (Å²) >= 11 is 0. The second kappa shape index (κ2) is 11.6. The molecule has 0 aliphatic carbocycles. The largest absolute Gasteiger partial charge is 0.486 e. The van der Waals surface area contributed by atoms with Gasteiger partial charge in [0.25, 0.3) is 0 Å². The third kappa shape index (κ3) is 6.59. The molecule has 4 N–H and O–H groups in total. The van der Waals surface area contributed by atoms with Gasteiger partial charge in [0.15, 0.2) is 0 Å². The number of nitrogens with one attached hydrogen (secondary N) is 1. The highest BCUT2D eigenvalue weighted by Crippen LogP contribution is 2.37. The van der Waals surface area contributed by atoms with Gasteiger partial charge in [-0.1, -0.05) is 43.3 Å². The lowest BCUT2D eigenvalue weighted by molar-refractivity contribution is -0.138. The van der Waals surface area contributed by atoms with Crippen LogP contribution in [0.5, 0.6) is 5.75 Å². The molecule has 1 unspecified atom stereocenters. The molecule has 0 aliphatic rings. The van der Waals surface area contributed by atoms with Gasteiger partial charge in [-0.15, -0.1) is 0 Å². The number of furan rings is 1. The third-order valence-corrected chi connectivity index (χ3v) is 6.28. The first-order valence-corrected chi connectivity index (χ1v) is 12.9. The number of aliphatic carboxylic acids is 1. The van der Waals surface area contributed by atoms with Crippen LogP contribution in [0.15, 0.2) is 71.3 Å². The minimum absolute atomic E-state index is 0.0926. The number of para-hydroxylation sites is 1. The SMILES string of the molecule is CCC(C(=O)O)c1cccc(NC(=O)OC(C)(C)C)c1OCc1coc2ccc(-c3cccc(CN)c3)cc12. The molecule has 1 amide bonds. The summed E-state index contributed by atoms with van der Waals surface area (Å²) in [6.07, 6.45) is 1.32. The summed E-state index contributed by atoms with van der Waals surface area (Å²) in [6, 6.07) is 19.0. The second-order valence-electron chi connectivity index (χ2n) is 10.3. The molecule has 1 heterocycles. The Labute approximate surface area is 227 Å². The maximum atomic E-state index is 12.6. The number of carboxylic acids is 1. The smallest absolute Gasteiger partial charge is 0.412 e. The van der Waals surface area contributed by atoms with Gasteiger partial charge >= 0.3 is 12.1 Å². The van der Waals surface area contributed by atoms with E-state index in [1.807, 2.05) is 36.4 Å². The summed E-state index contributed by atoms with van der Waals surface area (Å²) in [5.41, 5.74) is 10.5. The Bertz CT molecular complexity index is 1480. The van der Waals surface area contributed by atoms with E-state index in [1.165, 1.54) is 0 Å². The molecular formula is C31H34N2O6. The van der Waals surface area contributed by atoms with E-state index in [9.17, 15) is 14.7 Å². The number of anilines is 1. The summed E-state index contributed by atoms with van der Waals surface area (Å²) in [4.78, 5) is 24.6. The van der Waals surface area contributed by atoms with E-state index in [0.29, 0.717) is 29.8 Å². The van der Waals surface area contributed by atoms with Gasteiger partial charge in [0.05, 0.1) is 17.9 Å². The van der Waals surface area contributed by atoms with Crippen LogP contribution in [0.1, 0.15) is 56.7 Å². The van der Waals surface area contributed by atoms with Crippen molar-refractivity contribution in [3.8, 4) is 16.9 Å². The molecule has 1 aromatic heterocycles. The highest BCUT2D eigenvalue weighted by atomic mass is 16.6. The molecule has 0 saturated carbocycles. The number of carbonyl (C=O) groups is 2. The van der Waals surface area contributed by atoms with E-state index in [4.69, 9.17) is 19.6 Å². The predicted octanol–water partition coefficient (Wildman–Crippen LogP) is 7.06. The van der Waals surface area contributed by atoms with Crippen LogP contribution in [0, 0.1) is 0 Å². The van der Waals surface area contributed by atoms with Crippen LogP contribution in [-0.4, -0.2) is 22.8 Å². The van der Waals surface area contributed by atoms with Gasteiger partial charge in [-0.2, -0.15) is 0 Å². The van der Waals surface area contributed by atoms with Crippen molar-refractivity contribution in [1.82, 2.24) is 0 Å². The third-order valence-electron chi connectivity index (χ3n) is 6.28. The van der Waals surface area contributed by atoms with E-state index in [2.05, 4.69) is 11.4 Å². The fourth-order valence-electron chi connectivity index (χ4n) is 4.43. The summed E-state index contributed by atoms with van der Waals surface area (Å²) in [6.45, 7) is 7.64. The lowest BCUT2D eigenvalue weighted by atomic mass is 9.95. The van der Waals surface area contributed by atoms with Crippen LogP contribution in [0.3, 0.4) is 0 Å². The van der Waals surface area contributed by atoms with Gasteiger partial charge in [0.2, 0.25) is 0 Å². The Morgan fingerprint density at radius 3 is 2.49 bits per heavy atom. The topological polar surface area (TPSA) is 124 Å². The summed E-state index contributed by atoms with van der Waals surface area (Å²) in [5.74, 6) is -1.52. The molecular weight excluding hydrogens is 496 g/mol. The molecule has 0 bridgehead atoms. The van der Waals surface area contributed by atoms with Crippen molar-refractivity contribution in [2.75, 3.05) is 5.32 Å². The van der Waals surface area contributed by atoms with Gasteiger partial charge in [0, 0.05) is 23.1 Å². The second-order valence-corrected chi connectivity index (χ2v) is 10.3. The first kappa shape index (κ1) is 27.7. The number of fused-ring (bicyclic) bond motifs is 1. The van der Waals surface area contributed by atoms with E-state index < -0.39 is 23.6 Å². The average molecular weight is 531 g/mol. The molecule has 1 atom stereocenters. The normalized spacial score (nSPS) is 12.2. The number of nitrogens with two attached hydrogens (primary N) is 1. The zero-order chi connectivity index (χ0) is 28.2. The standard InChI is InChI=1S/C31H34N2O6/c1-5-23(29(34)35)24-10-7-11-26(33-30(36)39-31(2,3)4)28(24)38-18-22-17-37-27-13-12-21(15-25(22)27)20-9-6-8-19(14-20)16-32/h6-15,17,23H,5,16,18,32H2,1-4H3,(H,33,36)(H,34,35). The fourth-order valence-corrected chi connectivity index (χ4v) is 4.43. The molecule has 39 heavy (non-hydrogen) atoms. The van der Waals surface area contributed by atoms with Crippen LogP contribution in [0.25, 0.3) is 22.1 Å². The van der Waals surface area contributed by atoms with Crippen molar-refractivity contribution in [1.29, 1.82) is 0 Å². The van der Waals surface area contributed by atoms with E-state index in [1.54, 1.807) is 52.2 Å². The molecule has 0 saturated heterocycles. The molecule has 8 nitrogen and oxygen atoms in total. The number of carbonyl (C=O) groups excluding carboxylic acids is 1. The number of hydrogen-bond donors (Lipinski definition) is 3. The minimum Gasteiger partial charge on any atom is -0.486 e. The first-order chi connectivity index (χ1) is 18.6. The number of rotatable bonds is 9. The lowest BCUT2D eigenvalue weighted by Gasteiger charge is -2.22. The summed E-state index contributed by atoms with van der Waals surface area (Å²) in [5, 5.41) is 13.4. The van der Waals surface area contributed by atoms with Gasteiger partial charge in [0.1, 0.15) is 23.5 Å². The molecule has 4 aromatic rings. The lowest BCUT2D eigenvalue weighted by Crippen LogP contribution is -2.27. The number of amides is 1.